The van der Waals surface area contributed by atoms with Crippen LogP contribution in [0.3, 0.4) is 0 Å². The van der Waals surface area contributed by atoms with E-state index in [0.717, 1.165) is 31.6 Å². The van der Waals surface area contributed by atoms with Crippen molar-refractivity contribution >= 4 is 16.8 Å². The molecule has 0 radical (unpaired) electrons. The van der Waals surface area contributed by atoms with Gasteiger partial charge in [0.2, 0.25) is 5.91 Å². The standard InChI is InChI=1S/C16H23N3O/c1-3-8-18-16(20)12-19-9-7-14-6-5-13(10-15(14)19)11-17-4-2/h5-7,9-10,17H,3-4,8,11-12H2,1-2H3,(H,18,20). The number of aromatic nitrogens is 1. The lowest BCUT2D eigenvalue weighted by molar-refractivity contribution is -0.121. The monoisotopic (exact) mass is 273 g/mol. The van der Waals surface area contributed by atoms with E-state index in [2.05, 4.69) is 48.7 Å². The summed E-state index contributed by atoms with van der Waals surface area (Å²) in [6.45, 7) is 7.09. The average molecular weight is 273 g/mol. The van der Waals surface area contributed by atoms with Crippen LogP contribution in [0.15, 0.2) is 30.5 Å². The van der Waals surface area contributed by atoms with Crippen LogP contribution >= 0.6 is 0 Å². The number of fused-ring (bicyclic) bond motifs is 1. The Balaban J connectivity index is 2.14. The molecule has 1 heterocycles. The van der Waals surface area contributed by atoms with Crippen molar-refractivity contribution in [1.29, 1.82) is 0 Å². The lowest BCUT2D eigenvalue weighted by atomic mass is 10.1. The first kappa shape index (κ1) is 14.6. The second kappa shape index (κ2) is 7.10. The van der Waals surface area contributed by atoms with Crippen LogP contribution in [-0.4, -0.2) is 23.6 Å². The third-order valence-corrected chi connectivity index (χ3v) is 3.30. The Morgan fingerprint density at radius 1 is 1.25 bits per heavy atom. The number of carbonyl (C=O) groups is 1. The molecular weight excluding hydrogens is 250 g/mol. The highest BCUT2D eigenvalue weighted by atomic mass is 16.1. The van der Waals surface area contributed by atoms with Gasteiger partial charge in [0.1, 0.15) is 6.54 Å². The number of nitrogens with one attached hydrogen (secondary N) is 2. The van der Waals surface area contributed by atoms with E-state index in [9.17, 15) is 4.79 Å². The summed E-state index contributed by atoms with van der Waals surface area (Å²) < 4.78 is 2.01. The maximum atomic E-state index is 11.8. The zero-order valence-electron chi connectivity index (χ0n) is 12.3. The maximum Gasteiger partial charge on any atom is 0.239 e. The van der Waals surface area contributed by atoms with Crippen molar-refractivity contribution in [1.82, 2.24) is 15.2 Å². The first-order valence-corrected chi connectivity index (χ1v) is 7.29. The molecule has 2 aromatic rings. The fourth-order valence-corrected chi connectivity index (χ4v) is 2.22. The third-order valence-electron chi connectivity index (χ3n) is 3.30. The molecule has 0 saturated heterocycles. The normalized spacial score (nSPS) is 10.9. The van der Waals surface area contributed by atoms with Gasteiger partial charge in [-0.3, -0.25) is 4.79 Å². The molecule has 1 aromatic carbocycles. The Hall–Kier alpha value is -1.81. The summed E-state index contributed by atoms with van der Waals surface area (Å²) in [7, 11) is 0. The molecule has 0 saturated carbocycles. The zero-order valence-corrected chi connectivity index (χ0v) is 12.3. The lowest BCUT2D eigenvalue weighted by Gasteiger charge is -2.08. The Morgan fingerprint density at radius 3 is 2.85 bits per heavy atom. The Kier molecular flexibility index (Phi) is 5.18. The van der Waals surface area contributed by atoms with E-state index in [1.54, 1.807) is 0 Å². The Bertz CT molecular complexity index is 574. The van der Waals surface area contributed by atoms with E-state index in [1.165, 1.54) is 10.9 Å². The molecule has 1 aromatic heterocycles. The molecule has 108 valence electrons. The van der Waals surface area contributed by atoms with Gasteiger partial charge in [0, 0.05) is 24.8 Å². The molecule has 0 atom stereocenters. The second-order valence-corrected chi connectivity index (χ2v) is 4.97. The minimum absolute atomic E-state index is 0.0708. The summed E-state index contributed by atoms with van der Waals surface area (Å²) in [5, 5.41) is 7.41. The minimum Gasteiger partial charge on any atom is -0.355 e. The molecule has 4 nitrogen and oxygen atoms in total. The number of carbonyl (C=O) groups excluding carboxylic acids is 1. The van der Waals surface area contributed by atoms with Gasteiger partial charge in [-0.15, -0.1) is 0 Å². The molecule has 0 aliphatic heterocycles. The first-order chi connectivity index (χ1) is 9.74. The quantitative estimate of drug-likeness (QED) is 0.813. The van der Waals surface area contributed by atoms with Crippen LogP contribution in [0.5, 0.6) is 0 Å². The van der Waals surface area contributed by atoms with E-state index in [0.29, 0.717) is 6.54 Å². The first-order valence-electron chi connectivity index (χ1n) is 7.29. The van der Waals surface area contributed by atoms with Gasteiger partial charge in [-0.1, -0.05) is 26.0 Å². The molecule has 20 heavy (non-hydrogen) atoms. The molecule has 0 aliphatic rings. The topological polar surface area (TPSA) is 46.1 Å². The zero-order chi connectivity index (χ0) is 14.4. The highest BCUT2D eigenvalue weighted by Crippen LogP contribution is 2.17. The van der Waals surface area contributed by atoms with Crippen LogP contribution < -0.4 is 10.6 Å². The van der Waals surface area contributed by atoms with Crippen LogP contribution in [0.1, 0.15) is 25.8 Å². The molecule has 0 fully saturated rings. The van der Waals surface area contributed by atoms with Gasteiger partial charge < -0.3 is 15.2 Å². The fraction of sp³-hybridized carbons (Fsp3) is 0.438. The molecule has 0 aliphatic carbocycles. The van der Waals surface area contributed by atoms with Crippen LogP contribution in [-0.2, 0) is 17.9 Å². The highest BCUT2D eigenvalue weighted by Gasteiger charge is 2.06. The van der Waals surface area contributed by atoms with Crippen molar-refractivity contribution in [3.63, 3.8) is 0 Å². The predicted octanol–water partition coefficient (Wildman–Crippen LogP) is 2.28. The predicted molar refractivity (Wildman–Crippen MR) is 82.6 cm³/mol. The van der Waals surface area contributed by atoms with Gasteiger partial charge in [-0.05, 0) is 36.0 Å². The number of hydrogen-bond acceptors (Lipinski definition) is 2. The SMILES string of the molecule is CCCNC(=O)Cn1ccc2ccc(CNCC)cc21. The molecule has 4 heteroatoms. The molecule has 0 unspecified atom stereocenters. The van der Waals surface area contributed by atoms with E-state index >= 15 is 0 Å². The van der Waals surface area contributed by atoms with Gasteiger partial charge in [0.05, 0.1) is 0 Å². The van der Waals surface area contributed by atoms with Gasteiger partial charge in [0.25, 0.3) is 0 Å². The molecule has 2 rings (SSSR count). The smallest absolute Gasteiger partial charge is 0.239 e. The Morgan fingerprint density at radius 2 is 2.10 bits per heavy atom. The summed E-state index contributed by atoms with van der Waals surface area (Å²) in [6, 6.07) is 8.46. The molecular formula is C16H23N3O. The van der Waals surface area contributed by atoms with Crippen LogP contribution in [0, 0.1) is 0 Å². The largest absolute Gasteiger partial charge is 0.355 e. The third kappa shape index (κ3) is 3.61. The summed E-state index contributed by atoms with van der Waals surface area (Å²) in [5.74, 6) is 0.0708. The number of hydrogen-bond donors (Lipinski definition) is 2. The van der Waals surface area contributed by atoms with Crippen molar-refractivity contribution in [3.8, 4) is 0 Å². The number of benzene rings is 1. The van der Waals surface area contributed by atoms with Gasteiger partial charge in [-0.2, -0.15) is 0 Å². The van der Waals surface area contributed by atoms with Crippen molar-refractivity contribution in [2.24, 2.45) is 0 Å². The van der Waals surface area contributed by atoms with Gasteiger partial charge in [-0.25, -0.2) is 0 Å². The van der Waals surface area contributed by atoms with Crippen LogP contribution in [0.25, 0.3) is 10.9 Å². The molecule has 0 spiro atoms. The van der Waals surface area contributed by atoms with Crippen molar-refractivity contribution < 1.29 is 4.79 Å². The van der Waals surface area contributed by atoms with E-state index < -0.39 is 0 Å². The van der Waals surface area contributed by atoms with Gasteiger partial charge in [0.15, 0.2) is 0 Å². The van der Waals surface area contributed by atoms with Crippen LogP contribution in [0.4, 0.5) is 0 Å². The molecule has 1 amide bonds. The number of amides is 1. The maximum absolute atomic E-state index is 11.8. The van der Waals surface area contributed by atoms with Crippen molar-refractivity contribution in [3.05, 3.63) is 36.0 Å². The highest BCUT2D eigenvalue weighted by molar-refractivity contribution is 5.83. The molecule has 0 bridgehead atoms. The summed E-state index contributed by atoms with van der Waals surface area (Å²) >= 11 is 0. The van der Waals surface area contributed by atoms with E-state index in [-0.39, 0.29) is 5.91 Å². The Labute approximate surface area is 120 Å². The van der Waals surface area contributed by atoms with E-state index in [1.807, 2.05) is 10.8 Å². The van der Waals surface area contributed by atoms with E-state index in [4.69, 9.17) is 0 Å². The summed E-state index contributed by atoms with van der Waals surface area (Å²) in [5.41, 5.74) is 2.36. The summed E-state index contributed by atoms with van der Waals surface area (Å²) in [6.07, 6.45) is 2.94. The molecule has 2 N–H and O–H groups in total. The lowest BCUT2D eigenvalue weighted by Crippen LogP contribution is -2.27. The number of rotatable bonds is 7. The van der Waals surface area contributed by atoms with Crippen molar-refractivity contribution in [2.45, 2.75) is 33.4 Å². The second-order valence-electron chi connectivity index (χ2n) is 4.97. The van der Waals surface area contributed by atoms with Gasteiger partial charge >= 0.3 is 0 Å². The summed E-state index contributed by atoms with van der Waals surface area (Å²) in [4.78, 5) is 11.8. The van der Waals surface area contributed by atoms with Crippen molar-refractivity contribution in [2.75, 3.05) is 13.1 Å². The number of nitrogens with zero attached hydrogens (tertiary/aromatic N) is 1. The van der Waals surface area contributed by atoms with Crippen LogP contribution in [0.2, 0.25) is 0 Å². The minimum atomic E-state index is 0.0708. The fourth-order valence-electron chi connectivity index (χ4n) is 2.22. The average Bonchev–Trinajstić information content (AvgIpc) is 2.85.